The molecule has 1 unspecified atom stereocenters. The van der Waals surface area contributed by atoms with E-state index >= 15 is 0 Å². The van der Waals surface area contributed by atoms with Crippen LogP contribution in [0, 0.1) is 12.7 Å². The van der Waals surface area contributed by atoms with Crippen molar-refractivity contribution in [2.24, 2.45) is 0 Å². The van der Waals surface area contributed by atoms with E-state index in [4.69, 9.17) is 4.42 Å². The Morgan fingerprint density at radius 1 is 1.24 bits per heavy atom. The van der Waals surface area contributed by atoms with Crippen LogP contribution < -0.4 is 5.32 Å². The van der Waals surface area contributed by atoms with Gasteiger partial charge in [0.2, 0.25) is 0 Å². The lowest BCUT2D eigenvalue weighted by Gasteiger charge is -2.14. The van der Waals surface area contributed by atoms with E-state index in [1.807, 2.05) is 32.2 Å². The molecule has 1 atom stereocenters. The topological polar surface area (TPSA) is 25.2 Å². The molecule has 0 saturated carbocycles. The summed E-state index contributed by atoms with van der Waals surface area (Å²) in [5, 5.41) is 3.15. The maximum absolute atomic E-state index is 13.5. The van der Waals surface area contributed by atoms with Crippen LogP contribution in [0.3, 0.4) is 0 Å². The zero-order valence-electron chi connectivity index (χ0n) is 10.0. The lowest BCUT2D eigenvalue weighted by atomic mass is 10.0. The minimum atomic E-state index is -0.170. The van der Waals surface area contributed by atoms with Crippen LogP contribution in [0.15, 0.2) is 40.8 Å². The molecule has 17 heavy (non-hydrogen) atoms. The third-order valence-electron chi connectivity index (χ3n) is 2.83. The van der Waals surface area contributed by atoms with Crippen LogP contribution in [0.1, 0.15) is 23.1 Å². The zero-order chi connectivity index (χ0) is 12.3. The van der Waals surface area contributed by atoms with Crippen LogP contribution in [-0.2, 0) is 6.42 Å². The monoisotopic (exact) mass is 233 g/mol. The Morgan fingerprint density at radius 3 is 2.59 bits per heavy atom. The van der Waals surface area contributed by atoms with E-state index in [2.05, 4.69) is 5.32 Å². The second-order valence-electron chi connectivity index (χ2n) is 4.09. The Bertz CT molecular complexity index is 492. The van der Waals surface area contributed by atoms with Crippen molar-refractivity contribution in [3.63, 3.8) is 0 Å². The van der Waals surface area contributed by atoms with Crippen LogP contribution in [0.2, 0.25) is 0 Å². The highest BCUT2D eigenvalue weighted by atomic mass is 19.1. The molecular weight excluding hydrogens is 217 g/mol. The molecule has 2 rings (SSSR count). The van der Waals surface area contributed by atoms with Gasteiger partial charge >= 0.3 is 0 Å². The molecule has 0 spiro atoms. The van der Waals surface area contributed by atoms with Crippen LogP contribution in [0.25, 0.3) is 0 Å². The number of aryl methyl sites for hydroxylation is 1. The Kier molecular flexibility index (Phi) is 3.59. The van der Waals surface area contributed by atoms with Crippen molar-refractivity contribution in [1.29, 1.82) is 0 Å². The molecule has 2 nitrogen and oxygen atoms in total. The SMILES string of the molecule is CNC(Cc1ccccc1F)c1ccc(C)o1. The number of halogens is 1. The first-order valence-corrected chi connectivity index (χ1v) is 5.67. The zero-order valence-corrected chi connectivity index (χ0v) is 10.0. The molecule has 1 aromatic carbocycles. The molecule has 90 valence electrons. The number of furan rings is 1. The number of nitrogens with one attached hydrogen (secondary N) is 1. The lowest BCUT2D eigenvalue weighted by molar-refractivity contribution is 0.411. The highest BCUT2D eigenvalue weighted by molar-refractivity contribution is 5.21. The molecule has 0 bridgehead atoms. The van der Waals surface area contributed by atoms with Gasteiger partial charge in [-0.15, -0.1) is 0 Å². The van der Waals surface area contributed by atoms with E-state index in [1.54, 1.807) is 12.1 Å². The predicted molar refractivity (Wildman–Crippen MR) is 65.3 cm³/mol. The van der Waals surface area contributed by atoms with Gasteiger partial charge < -0.3 is 9.73 Å². The second kappa shape index (κ2) is 5.15. The molecule has 1 N–H and O–H groups in total. The Balaban J connectivity index is 2.18. The molecule has 0 aliphatic rings. The maximum Gasteiger partial charge on any atom is 0.126 e. The molecule has 1 aromatic heterocycles. The summed E-state index contributed by atoms with van der Waals surface area (Å²) in [4.78, 5) is 0. The van der Waals surface area contributed by atoms with Gasteiger partial charge in [-0.2, -0.15) is 0 Å². The summed E-state index contributed by atoms with van der Waals surface area (Å²) in [6.07, 6.45) is 0.579. The maximum atomic E-state index is 13.5. The van der Waals surface area contributed by atoms with E-state index in [9.17, 15) is 4.39 Å². The van der Waals surface area contributed by atoms with Crippen LogP contribution in [0.4, 0.5) is 4.39 Å². The molecule has 1 heterocycles. The van der Waals surface area contributed by atoms with Crippen molar-refractivity contribution in [2.75, 3.05) is 7.05 Å². The fraction of sp³-hybridized carbons (Fsp3) is 0.286. The summed E-state index contributed by atoms with van der Waals surface area (Å²) in [6, 6.07) is 10.7. The van der Waals surface area contributed by atoms with E-state index in [1.165, 1.54) is 6.07 Å². The van der Waals surface area contributed by atoms with E-state index in [0.717, 1.165) is 11.5 Å². The van der Waals surface area contributed by atoms with Crippen molar-refractivity contribution in [1.82, 2.24) is 5.32 Å². The fourth-order valence-corrected chi connectivity index (χ4v) is 1.87. The highest BCUT2D eigenvalue weighted by Gasteiger charge is 2.15. The fourth-order valence-electron chi connectivity index (χ4n) is 1.87. The Morgan fingerprint density at radius 2 is 2.00 bits per heavy atom. The van der Waals surface area contributed by atoms with Gasteiger partial charge in [-0.05, 0) is 44.2 Å². The van der Waals surface area contributed by atoms with Crippen LogP contribution in [0.5, 0.6) is 0 Å². The van der Waals surface area contributed by atoms with E-state index < -0.39 is 0 Å². The first kappa shape index (κ1) is 11.9. The first-order valence-electron chi connectivity index (χ1n) is 5.67. The number of hydrogen-bond acceptors (Lipinski definition) is 2. The number of likely N-dealkylation sites (N-methyl/N-ethyl adjacent to an activating group) is 1. The first-order chi connectivity index (χ1) is 8.20. The molecule has 2 aromatic rings. The number of hydrogen-bond donors (Lipinski definition) is 1. The van der Waals surface area contributed by atoms with Gasteiger partial charge in [-0.25, -0.2) is 4.39 Å². The third kappa shape index (κ3) is 2.74. The predicted octanol–water partition coefficient (Wildman–Crippen LogP) is 3.23. The summed E-state index contributed by atoms with van der Waals surface area (Å²) in [7, 11) is 1.85. The summed E-state index contributed by atoms with van der Waals surface area (Å²) in [5.74, 6) is 1.54. The molecule has 3 heteroatoms. The van der Waals surface area contributed by atoms with Crippen LogP contribution in [-0.4, -0.2) is 7.05 Å². The summed E-state index contributed by atoms with van der Waals surface area (Å²) < 4.78 is 19.1. The standard InChI is InChI=1S/C14H16FNO/c1-10-7-8-14(17-10)13(16-2)9-11-5-3-4-6-12(11)15/h3-8,13,16H,9H2,1-2H3. The average Bonchev–Trinajstić information content (AvgIpc) is 2.75. The largest absolute Gasteiger partial charge is 0.465 e. The van der Waals surface area contributed by atoms with Gasteiger partial charge in [0.15, 0.2) is 0 Å². The van der Waals surface area contributed by atoms with E-state index in [0.29, 0.717) is 12.0 Å². The van der Waals surface area contributed by atoms with Gasteiger partial charge in [0, 0.05) is 0 Å². The molecule has 0 fully saturated rings. The minimum Gasteiger partial charge on any atom is -0.465 e. The van der Waals surface area contributed by atoms with Crippen molar-refractivity contribution >= 4 is 0 Å². The number of rotatable bonds is 4. The molecule has 0 aliphatic heterocycles. The molecule has 0 amide bonds. The highest BCUT2D eigenvalue weighted by Crippen LogP contribution is 2.21. The smallest absolute Gasteiger partial charge is 0.126 e. The van der Waals surface area contributed by atoms with Crippen LogP contribution >= 0.6 is 0 Å². The van der Waals surface area contributed by atoms with Crippen molar-refractivity contribution in [2.45, 2.75) is 19.4 Å². The molecule has 0 radical (unpaired) electrons. The minimum absolute atomic E-state index is 0.000556. The molecule has 0 aliphatic carbocycles. The van der Waals surface area contributed by atoms with Crippen molar-refractivity contribution in [3.8, 4) is 0 Å². The van der Waals surface area contributed by atoms with Crippen molar-refractivity contribution in [3.05, 3.63) is 59.3 Å². The van der Waals surface area contributed by atoms with Gasteiger partial charge in [-0.1, -0.05) is 18.2 Å². The Hall–Kier alpha value is -1.61. The van der Waals surface area contributed by atoms with Gasteiger partial charge in [-0.3, -0.25) is 0 Å². The quantitative estimate of drug-likeness (QED) is 0.877. The lowest BCUT2D eigenvalue weighted by Crippen LogP contribution is -2.18. The number of benzene rings is 1. The normalized spacial score (nSPS) is 12.6. The van der Waals surface area contributed by atoms with Gasteiger partial charge in [0.05, 0.1) is 6.04 Å². The Labute approximate surface area is 100 Å². The summed E-state index contributed by atoms with van der Waals surface area (Å²) >= 11 is 0. The second-order valence-corrected chi connectivity index (χ2v) is 4.09. The summed E-state index contributed by atoms with van der Waals surface area (Å²) in [6.45, 7) is 1.90. The van der Waals surface area contributed by atoms with Crippen molar-refractivity contribution < 1.29 is 8.81 Å². The third-order valence-corrected chi connectivity index (χ3v) is 2.83. The van der Waals surface area contributed by atoms with E-state index in [-0.39, 0.29) is 11.9 Å². The summed E-state index contributed by atoms with van der Waals surface area (Å²) in [5.41, 5.74) is 0.695. The molecular formula is C14H16FNO. The van der Waals surface area contributed by atoms with Gasteiger partial charge in [0.1, 0.15) is 17.3 Å². The van der Waals surface area contributed by atoms with Gasteiger partial charge in [0.25, 0.3) is 0 Å². The average molecular weight is 233 g/mol. The molecule has 0 saturated heterocycles.